The van der Waals surface area contributed by atoms with Gasteiger partial charge in [0, 0.05) is 34.3 Å². The molecule has 2 aromatic heterocycles. The zero-order chi connectivity index (χ0) is 34.3. The second kappa shape index (κ2) is 13.1. The fourth-order valence-corrected chi connectivity index (χ4v) is 6.82. The van der Waals surface area contributed by atoms with Gasteiger partial charge in [0.1, 0.15) is 11.2 Å². The molecule has 6 aromatic rings. The Labute approximate surface area is 290 Å². The van der Waals surface area contributed by atoms with E-state index in [1.165, 1.54) is 0 Å². The van der Waals surface area contributed by atoms with Gasteiger partial charge >= 0.3 is 0 Å². The minimum Gasteiger partial charge on any atom is -0.457 e. The number of hydrogen-bond acceptors (Lipinski definition) is 5. The average Bonchev–Trinajstić information content (AvgIpc) is 3.47. The van der Waals surface area contributed by atoms with Gasteiger partial charge in [0.15, 0.2) is 13.1 Å². The first-order chi connectivity index (χ1) is 23.5. The molecule has 4 aromatic carbocycles. The molecule has 1 aliphatic carbocycles. The van der Waals surface area contributed by atoms with Crippen LogP contribution in [0.15, 0.2) is 114 Å². The second-order valence-corrected chi connectivity index (χ2v) is 14.6. The quantitative estimate of drug-likeness (QED) is 0.125. The molecule has 0 saturated heterocycles. The lowest BCUT2D eigenvalue weighted by Gasteiger charge is -2.37. The normalized spacial score (nSPS) is 18.3. The van der Waals surface area contributed by atoms with Crippen molar-refractivity contribution in [3.8, 4) is 33.8 Å². The van der Waals surface area contributed by atoms with Crippen molar-refractivity contribution < 1.29 is 14.3 Å². The second-order valence-electron chi connectivity index (χ2n) is 14.6. The topological polar surface area (TPSA) is 68.4 Å². The van der Waals surface area contributed by atoms with Crippen molar-refractivity contribution in [3.05, 3.63) is 115 Å². The van der Waals surface area contributed by atoms with Gasteiger partial charge in [0.25, 0.3) is 0 Å². The van der Waals surface area contributed by atoms with Gasteiger partial charge in [-0.1, -0.05) is 98.8 Å². The van der Waals surface area contributed by atoms with E-state index in [2.05, 4.69) is 93.9 Å². The Bertz CT molecular complexity index is 2140. The van der Waals surface area contributed by atoms with Crippen molar-refractivity contribution in [2.45, 2.75) is 65.1 Å². The molecule has 2 heterocycles. The van der Waals surface area contributed by atoms with E-state index < -0.39 is 11.2 Å². The highest BCUT2D eigenvalue weighted by molar-refractivity contribution is 6.59. The summed E-state index contributed by atoms with van der Waals surface area (Å²) in [5.41, 5.74) is 6.92. The van der Waals surface area contributed by atoms with Crippen LogP contribution < -0.4 is 5.46 Å². The maximum atomic E-state index is 10.7. The molecule has 0 amide bonds. The van der Waals surface area contributed by atoms with E-state index in [0.29, 0.717) is 18.3 Å². The molecule has 247 valence electrons. The lowest BCUT2D eigenvalue weighted by atomic mass is 9.67. The Hall–Kier alpha value is -4.52. The third-order valence-corrected chi connectivity index (χ3v) is 10.4. The van der Waals surface area contributed by atoms with Crippen LogP contribution in [0.2, 0.25) is 0 Å². The number of para-hydroxylation sites is 1. The molecule has 0 bridgehead atoms. The van der Waals surface area contributed by atoms with Gasteiger partial charge in [0.2, 0.25) is 0 Å². The zero-order valence-electron chi connectivity index (χ0n) is 29.3. The molecule has 1 N–H and O–H groups in total. The Morgan fingerprint density at radius 1 is 0.796 bits per heavy atom. The SMILES string of the molecule is CC1C=CC(c2cc(-c3cccc(-c4ccc5c(oc6ccccc65)c4[B]COC(C)(C)C(C)(C)O)c3)nc(-c3ccccc3)n2)C(C)C1. The van der Waals surface area contributed by atoms with Crippen LogP contribution in [-0.2, 0) is 4.74 Å². The van der Waals surface area contributed by atoms with Crippen molar-refractivity contribution in [1.29, 1.82) is 0 Å². The van der Waals surface area contributed by atoms with Crippen LogP contribution in [0.25, 0.3) is 55.7 Å². The standard InChI is InChI=1S/C43H44BN2O3/c1-27-19-20-32(28(2)23-27)37-25-36(45-41(46-37)29-13-8-7-9-14-29)31-16-12-15-30(24-31)33-21-22-35-34-17-10-11-18-38(34)49-40(35)39(33)44-26-48-43(5,6)42(3,4)47/h7-22,24-25,27-28,32,47H,23,26H2,1-6H3. The van der Waals surface area contributed by atoms with Gasteiger partial charge in [-0.15, -0.1) is 0 Å². The first-order valence-electron chi connectivity index (χ1n) is 17.4. The van der Waals surface area contributed by atoms with Crippen LogP contribution in [0.1, 0.15) is 59.6 Å². The van der Waals surface area contributed by atoms with Gasteiger partial charge < -0.3 is 14.3 Å². The third kappa shape index (κ3) is 6.60. The molecule has 0 saturated carbocycles. The fraction of sp³-hybridized carbons (Fsp3) is 0.302. The number of furan rings is 1. The first-order valence-corrected chi connectivity index (χ1v) is 17.4. The van der Waals surface area contributed by atoms with Crippen LogP contribution in [0.5, 0.6) is 0 Å². The van der Waals surface area contributed by atoms with Gasteiger partial charge in [-0.3, -0.25) is 0 Å². The number of fused-ring (bicyclic) bond motifs is 3. The maximum absolute atomic E-state index is 10.7. The van der Waals surface area contributed by atoms with Crippen LogP contribution in [0, 0.1) is 11.8 Å². The molecule has 1 aliphatic rings. The van der Waals surface area contributed by atoms with Crippen LogP contribution in [0.3, 0.4) is 0 Å². The highest BCUT2D eigenvalue weighted by Gasteiger charge is 2.36. The van der Waals surface area contributed by atoms with Crippen molar-refractivity contribution in [2.24, 2.45) is 11.8 Å². The molecule has 3 unspecified atom stereocenters. The minimum atomic E-state index is -1.01. The van der Waals surface area contributed by atoms with E-state index in [0.717, 1.165) is 73.3 Å². The first kappa shape index (κ1) is 33.0. The van der Waals surface area contributed by atoms with E-state index in [-0.39, 0.29) is 5.92 Å². The number of aromatic nitrogens is 2. The summed E-state index contributed by atoms with van der Waals surface area (Å²) in [7, 11) is 2.08. The molecule has 6 heteroatoms. The Morgan fingerprint density at radius 3 is 2.31 bits per heavy atom. The van der Waals surface area contributed by atoms with E-state index in [1.54, 1.807) is 13.8 Å². The lowest BCUT2D eigenvalue weighted by molar-refractivity contribution is -0.135. The van der Waals surface area contributed by atoms with Gasteiger partial charge in [-0.05, 0) is 86.8 Å². The highest BCUT2D eigenvalue weighted by Crippen LogP contribution is 2.38. The fourth-order valence-electron chi connectivity index (χ4n) is 6.82. The monoisotopic (exact) mass is 647 g/mol. The predicted octanol–water partition coefficient (Wildman–Crippen LogP) is 9.55. The number of aliphatic hydroxyl groups is 1. The van der Waals surface area contributed by atoms with Crippen LogP contribution in [0.4, 0.5) is 0 Å². The molecule has 49 heavy (non-hydrogen) atoms. The summed E-state index contributed by atoms with van der Waals surface area (Å²) in [5.74, 6) is 2.02. The van der Waals surface area contributed by atoms with Crippen LogP contribution >= 0.6 is 0 Å². The summed E-state index contributed by atoms with van der Waals surface area (Å²) in [6, 6.07) is 33.5. The van der Waals surface area contributed by atoms with Crippen molar-refractivity contribution in [1.82, 2.24) is 9.97 Å². The molecule has 5 nitrogen and oxygen atoms in total. The molecular formula is C43H44BN2O3. The molecule has 0 fully saturated rings. The van der Waals surface area contributed by atoms with Crippen molar-refractivity contribution >= 4 is 34.7 Å². The number of hydrogen-bond donors (Lipinski definition) is 1. The van der Waals surface area contributed by atoms with Gasteiger partial charge in [-0.25, -0.2) is 9.97 Å². The smallest absolute Gasteiger partial charge is 0.191 e. The maximum Gasteiger partial charge on any atom is 0.191 e. The molecule has 3 atom stereocenters. The van der Waals surface area contributed by atoms with E-state index in [1.807, 2.05) is 50.2 Å². The molecule has 7 rings (SSSR count). The summed E-state index contributed by atoms with van der Waals surface area (Å²) in [6.45, 7) is 12.3. The number of allylic oxidation sites excluding steroid dienone is 2. The van der Waals surface area contributed by atoms with E-state index >= 15 is 0 Å². The number of nitrogens with zero attached hydrogens (tertiary/aromatic N) is 2. The molecule has 0 spiro atoms. The van der Waals surface area contributed by atoms with Gasteiger partial charge in [-0.2, -0.15) is 0 Å². The highest BCUT2D eigenvalue weighted by atomic mass is 16.5. The van der Waals surface area contributed by atoms with E-state index in [9.17, 15) is 5.11 Å². The minimum absolute atomic E-state index is 0.230. The number of benzene rings is 4. The summed E-state index contributed by atoms with van der Waals surface area (Å²) < 4.78 is 12.8. The molecular weight excluding hydrogens is 603 g/mol. The summed E-state index contributed by atoms with van der Waals surface area (Å²) in [5, 5.41) is 12.9. The van der Waals surface area contributed by atoms with Gasteiger partial charge in [0.05, 0.1) is 22.6 Å². The zero-order valence-corrected chi connectivity index (χ0v) is 29.3. The third-order valence-electron chi connectivity index (χ3n) is 10.4. The van der Waals surface area contributed by atoms with Crippen molar-refractivity contribution in [2.75, 3.05) is 6.51 Å². The lowest BCUT2D eigenvalue weighted by Crippen LogP contribution is -2.48. The Kier molecular flexibility index (Phi) is 8.81. The summed E-state index contributed by atoms with van der Waals surface area (Å²) >= 11 is 0. The molecule has 1 radical (unpaired) electrons. The largest absolute Gasteiger partial charge is 0.457 e. The Morgan fingerprint density at radius 2 is 1.53 bits per heavy atom. The Balaban J connectivity index is 1.33. The molecule has 0 aliphatic heterocycles. The number of ether oxygens (including phenoxy) is 1. The predicted molar refractivity (Wildman–Crippen MR) is 202 cm³/mol. The van der Waals surface area contributed by atoms with Crippen molar-refractivity contribution in [3.63, 3.8) is 0 Å². The number of rotatable bonds is 9. The summed E-state index contributed by atoms with van der Waals surface area (Å²) in [6.07, 6.45) is 5.80. The average molecular weight is 648 g/mol. The summed E-state index contributed by atoms with van der Waals surface area (Å²) in [4.78, 5) is 10.3. The van der Waals surface area contributed by atoms with Crippen LogP contribution in [-0.4, -0.2) is 40.1 Å². The van der Waals surface area contributed by atoms with E-state index in [4.69, 9.17) is 19.1 Å².